The average Bonchev–Trinajstić information content (AvgIpc) is 1.63. The zero-order valence-corrected chi connectivity index (χ0v) is 8.18. The highest BCUT2D eigenvalue weighted by Gasteiger charge is 2.15. The molecule has 0 atom stereocenters. The highest BCUT2D eigenvalue weighted by atomic mass is 79.9. The van der Waals surface area contributed by atoms with Crippen LogP contribution in [-0.4, -0.2) is 42.7 Å². The first-order valence-electron chi connectivity index (χ1n) is 3.02. The number of hydrogen-bond acceptors (Lipinski definition) is 1. The third-order valence-electron chi connectivity index (χ3n) is 1.42. The van der Waals surface area contributed by atoms with Gasteiger partial charge in [-0.05, 0) is 6.92 Å². The van der Waals surface area contributed by atoms with Crippen LogP contribution in [0, 0.1) is 0 Å². The minimum atomic E-state index is -0.734. The van der Waals surface area contributed by atoms with Crippen LogP contribution < -0.4 is 17.0 Å². The van der Waals surface area contributed by atoms with Gasteiger partial charge in [0.25, 0.3) is 0 Å². The Labute approximate surface area is 72.0 Å². The van der Waals surface area contributed by atoms with Crippen molar-refractivity contribution in [1.29, 1.82) is 0 Å². The third kappa shape index (κ3) is 6.04. The second-order valence-electron chi connectivity index (χ2n) is 2.80. The Morgan fingerprint density at radius 1 is 1.50 bits per heavy atom. The van der Waals surface area contributed by atoms with Crippen LogP contribution in [0.1, 0.15) is 6.92 Å². The van der Waals surface area contributed by atoms with Crippen molar-refractivity contribution in [2.45, 2.75) is 6.92 Å². The third-order valence-corrected chi connectivity index (χ3v) is 1.42. The van der Waals surface area contributed by atoms with Crippen LogP contribution in [0.2, 0.25) is 0 Å². The Hall–Kier alpha value is -0.0900. The molecule has 0 saturated heterocycles. The van der Waals surface area contributed by atoms with E-state index in [-0.39, 0.29) is 23.5 Å². The van der Waals surface area contributed by atoms with Crippen molar-refractivity contribution in [3.8, 4) is 0 Å². The van der Waals surface area contributed by atoms with Crippen molar-refractivity contribution < 1.29 is 31.4 Å². The van der Waals surface area contributed by atoms with E-state index >= 15 is 0 Å². The van der Waals surface area contributed by atoms with Crippen molar-refractivity contribution in [3.05, 3.63) is 0 Å². The van der Waals surface area contributed by atoms with Gasteiger partial charge < -0.3 is 26.6 Å². The number of hydrogen-bond donors (Lipinski definition) is 1. The fraction of sp³-hybridized carbons (Fsp3) is 0.833. The summed E-state index contributed by atoms with van der Waals surface area (Å²) in [6, 6.07) is 0. The second kappa shape index (κ2) is 4.68. The molecular formula is C6H14BrNO2. The first kappa shape index (κ1) is 12.6. The van der Waals surface area contributed by atoms with Crippen molar-refractivity contribution in [3.63, 3.8) is 0 Å². The summed E-state index contributed by atoms with van der Waals surface area (Å²) in [5, 5.41) is 8.36. The molecule has 0 rings (SSSR count). The van der Waals surface area contributed by atoms with Gasteiger partial charge in [0.05, 0.1) is 20.6 Å². The van der Waals surface area contributed by atoms with Gasteiger partial charge in [-0.3, -0.25) is 0 Å². The van der Waals surface area contributed by atoms with E-state index in [1.807, 2.05) is 21.0 Å². The number of nitrogens with zero attached hydrogens (tertiary/aromatic N) is 1. The predicted molar refractivity (Wildman–Crippen MR) is 35.2 cm³/mol. The number of halogens is 1. The highest BCUT2D eigenvalue weighted by molar-refractivity contribution is 5.67. The number of carboxylic acid groups (broad SMARTS) is 1. The van der Waals surface area contributed by atoms with E-state index in [1.54, 1.807) is 0 Å². The molecule has 0 bridgehead atoms. The molecule has 0 aromatic rings. The summed E-state index contributed by atoms with van der Waals surface area (Å²) in [5.41, 5.74) is 0. The van der Waals surface area contributed by atoms with Gasteiger partial charge in [0, 0.05) is 0 Å². The molecule has 0 heterocycles. The lowest BCUT2D eigenvalue weighted by Gasteiger charge is -2.25. The summed E-state index contributed by atoms with van der Waals surface area (Å²) in [4.78, 5) is 10.2. The highest BCUT2D eigenvalue weighted by Crippen LogP contribution is 1.93. The number of rotatable bonds is 3. The SMILES string of the molecule is CC[N+](C)(C)CC(=O)O.[Br-]. The lowest BCUT2D eigenvalue weighted by molar-refractivity contribution is -0.881. The van der Waals surface area contributed by atoms with Crippen LogP contribution >= 0.6 is 0 Å². The van der Waals surface area contributed by atoms with Crippen LogP contribution in [0.3, 0.4) is 0 Å². The van der Waals surface area contributed by atoms with Gasteiger partial charge in [-0.15, -0.1) is 0 Å². The topological polar surface area (TPSA) is 37.3 Å². The van der Waals surface area contributed by atoms with Crippen LogP contribution in [0.15, 0.2) is 0 Å². The minimum Gasteiger partial charge on any atom is -1.00 e. The average molecular weight is 212 g/mol. The Balaban J connectivity index is 0. The van der Waals surface area contributed by atoms with Crippen LogP contribution in [0.25, 0.3) is 0 Å². The van der Waals surface area contributed by atoms with E-state index in [4.69, 9.17) is 5.11 Å². The molecular weight excluding hydrogens is 198 g/mol. The maximum atomic E-state index is 10.2. The summed E-state index contributed by atoms with van der Waals surface area (Å²) in [6.45, 7) is 3.03. The molecule has 0 fully saturated rings. The summed E-state index contributed by atoms with van der Waals surface area (Å²) >= 11 is 0. The van der Waals surface area contributed by atoms with E-state index in [2.05, 4.69) is 0 Å². The summed E-state index contributed by atoms with van der Waals surface area (Å²) in [7, 11) is 3.79. The standard InChI is InChI=1S/C6H13NO2.BrH/c1-4-7(2,3)5-6(8)9;/h4-5H2,1-3H3;1H. The molecule has 0 aromatic carbocycles. The fourth-order valence-electron chi connectivity index (χ4n) is 0.478. The summed E-state index contributed by atoms with van der Waals surface area (Å²) < 4.78 is 0.551. The van der Waals surface area contributed by atoms with Gasteiger partial charge in [-0.25, -0.2) is 4.79 Å². The van der Waals surface area contributed by atoms with Crippen LogP contribution in [0.5, 0.6) is 0 Å². The van der Waals surface area contributed by atoms with E-state index < -0.39 is 5.97 Å². The van der Waals surface area contributed by atoms with E-state index in [0.717, 1.165) is 6.54 Å². The normalized spacial score (nSPS) is 10.3. The Bertz CT molecular complexity index is 114. The zero-order valence-electron chi connectivity index (χ0n) is 6.59. The van der Waals surface area contributed by atoms with Crippen molar-refractivity contribution in [2.75, 3.05) is 27.2 Å². The first-order valence-corrected chi connectivity index (χ1v) is 3.02. The minimum absolute atomic E-state index is 0. The lowest BCUT2D eigenvalue weighted by atomic mass is 10.4. The lowest BCUT2D eigenvalue weighted by Crippen LogP contribution is -3.00. The number of aliphatic carboxylic acids is 1. The molecule has 62 valence electrons. The predicted octanol–water partition coefficient (Wildman–Crippen LogP) is -2.83. The molecule has 1 N–H and O–H groups in total. The second-order valence-corrected chi connectivity index (χ2v) is 2.80. The van der Waals surface area contributed by atoms with Crippen LogP contribution in [-0.2, 0) is 4.79 Å². The molecule has 10 heavy (non-hydrogen) atoms. The van der Waals surface area contributed by atoms with Crippen molar-refractivity contribution >= 4 is 5.97 Å². The molecule has 0 aliphatic rings. The van der Waals surface area contributed by atoms with E-state index in [0.29, 0.717) is 4.48 Å². The zero-order chi connectivity index (χ0) is 7.49. The molecule has 3 nitrogen and oxygen atoms in total. The molecule has 0 amide bonds. The molecule has 0 radical (unpaired) electrons. The van der Waals surface area contributed by atoms with Gasteiger partial charge >= 0.3 is 5.97 Å². The summed E-state index contributed by atoms with van der Waals surface area (Å²) in [6.07, 6.45) is 0. The number of quaternary nitrogens is 1. The monoisotopic (exact) mass is 211 g/mol. The molecule has 0 aliphatic carbocycles. The Morgan fingerprint density at radius 2 is 1.90 bits per heavy atom. The van der Waals surface area contributed by atoms with Gasteiger partial charge in [0.15, 0.2) is 6.54 Å². The first-order chi connectivity index (χ1) is 3.98. The maximum absolute atomic E-state index is 10.2. The molecule has 0 aliphatic heterocycles. The largest absolute Gasteiger partial charge is 1.00 e. The molecule has 0 aromatic heterocycles. The maximum Gasteiger partial charge on any atom is 0.359 e. The fourth-order valence-corrected chi connectivity index (χ4v) is 0.478. The Kier molecular flexibility index (Phi) is 5.89. The number of carboxylic acids is 1. The van der Waals surface area contributed by atoms with Gasteiger partial charge in [-0.2, -0.15) is 0 Å². The molecule has 0 unspecified atom stereocenters. The van der Waals surface area contributed by atoms with Gasteiger partial charge in [-0.1, -0.05) is 0 Å². The van der Waals surface area contributed by atoms with Gasteiger partial charge in [0.2, 0.25) is 0 Å². The van der Waals surface area contributed by atoms with Crippen LogP contribution in [0.4, 0.5) is 0 Å². The summed E-state index contributed by atoms with van der Waals surface area (Å²) in [5.74, 6) is -0.734. The quantitative estimate of drug-likeness (QED) is 0.512. The smallest absolute Gasteiger partial charge is 0.359 e. The number of carbonyl (C=O) groups is 1. The van der Waals surface area contributed by atoms with Gasteiger partial charge in [0.1, 0.15) is 0 Å². The molecule has 0 saturated carbocycles. The van der Waals surface area contributed by atoms with E-state index in [9.17, 15) is 4.79 Å². The molecule has 0 spiro atoms. The number of likely N-dealkylation sites (N-methyl/N-ethyl adjacent to an activating group) is 1. The molecule has 4 heteroatoms. The van der Waals surface area contributed by atoms with Crippen molar-refractivity contribution in [2.24, 2.45) is 0 Å². The van der Waals surface area contributed by atoms with E-state index in [1.165, 1.54) is 0 Å². The Morgan fingerprint density at radius 3 is 2.00 bits per heavy atom. The van der Waals surface area contributed by atoms with Crippen molar-refractivity contribution in [1.82, 2.24) is 0 Å².